The summed E-state index contributed by atoms with van der Waals surface area (Å²) < 4.78 is 5.78. The lowest BCUT2D eigenvalue weighted by Gasteiger charge is -2.08. The summed E-state index contributed by atoms with van der Waals surface area (Å²) in [6, 6.07) is 8.50. The van der Waals surface area contributed by atoms with Crippen LogP contribution in [0.2, 0.25) is 6.82 Å². The van der Waals surface area contributed by atoms with Gasteiger partial charge in [-0.3, -0.25) is 5.32 Å². The molecule has 88 valence electrons. The van der Waals surface area contributed by atoms with Crippen molar-refractivity contribution in [3.8, 4) is 0 Å². The van der Waals surface area contributed by atoms with Gasteiger partial charge < -0.3 is 9.76 Å². The summed E-state index contributed by atoms with van der Waals surface area (Å²) in [6.07, 6.45) is 1.40. The summed E-state index contributed by atoms with van der Waals surface area (Å²) >= 11 is 0. The zero-order valence-electron chi connectivity index (χ0n) is 10.2. The summed E-state index contributed by atoms with van der Waals surface area (Å²) in [7, 11) is 1.68. The Hall–Kier alpha value is -0.835. The topological polar surface area (TPSA) is 41.5 Å². The summed E-state index contributed by atoms with van der Waals surface area (Å²) in [4.78, 5) is 0. The van der Waals surface area contributed by atoms with Gasteiger partial charge in [0.05, 0.1) is 12.8 Å². The van der Waals surface area contributed by atoms with Gasteiger partial charge in [0.1, 0.15) is 0 Å². The Morgan fingerprint density at radius 2 is 2.06 bits per heavy atom. The Balaban J connectivity index is 0.000000280. The fraction of sp³-hybridized carbons (Fsp3) is 0.500. The van der Waals surface area contributed by atoms with Crippen molar-refractivity contribution >= 4 is 12.4 Å². The number of fused-ring (bicyclic) bond motifs is 1. The van der Waals surface area contributed by atoms with Crippen molar-refractivity contribution in [2.24, 2.45) is 0 Å². The first-order chi connectivity index (χ1) is 7.74. The summed E-state index contributed by atoms with van der Waals surface area (Å²) in [6.45, 7) is 4.64. The number of rotatable bonds is 2. The molecule has 1 atom stereocenters. The highest BCUT2D eigenvalue weighted by molar-refractivity contribution is 6.67. The molecule has 1 aliphatic rings. The summed E-state index contributed by atoms with van der Waals surface area (Å²) in [5.74, 6) is 0. The lowest BCUT2D eigenvalue weighted by atomic mass is 9.64. The molecule has 0 radical (unpaired) electrons. The monoisotopic (exact) mass is 221 g/mol. The molecule has 0 fully saturated rings. The molecule has 0 saturated heterocycles. The molecule has 0 aliphatic carbocycles. The van der Waals surface area contributed by atoms with Crippen LogP contribution in [0.1, 0.15) is 25.0 Å². The average molecular weight is 221 g/mol. The van der Waals surface area contributed by atoms with E-state index in [0.29, 0.717) is 6.10 Å². The standard InChI is InChI=1S/C10H13BO.C2H7NO/c1-3-10-8-6-4-5-7-9(8)11(2)12-10;1-3-2-4/h4-7,10H,3H2,1-2H3;3-4H,2H2,1H3/t10-;/m0./s1. The van der Waals surface area contributed by atoms with Crippen LogP contribution in [-0.2, 0) is 4.65 Å². The molecular formula is C12H20BNO2. The van der Waals surface area contributed by atoms with Gasteiger partial charge in [-0.25, -0.2) is 0 Å². The minimum Gasteiger partial charge on any atom is -0.424 e. The Bertz CT molecular complexity index is 318. The molecule has 0 unspecified atom stereocenters. The molecule has 4 heteroatoms. The molecule has 0 spiro atoms. The van der Waals surface area contributed by atoms with Gasteiger partial charge in [-0.05, 0) is 24.5 Å². The maximum Gasteiger partial charge on any atom is 0.324 e. The van der Waals surface area contributed by atoms with Gasteiger partial charge >= 0.3 is 6.92 Å². The molecular weight excluding hydrogens is 201 g/mol. The van der Waals surface area contributed by atoms with E-state index in [1.54, 1.807) is 7.05 Å². The van der Waals surface area contributed by atoms with Gasteiger partial charge in [0.2, 0.25) is 0 Å². The second-order valence-corrected chi connectivity index (χ2v) is 3.82. The third kappa shape index (κ3) is 3.08. The first kappa shape index (κ1) is 13.2. The van der Waals surface area contributed by atoms with E-state index in [9.17, 15) is 0 Å². The van der Waals surface area contributed by atoms with E-state index in [1.165, 1.54) is 11.0 Å². The van der Waals surface area contributed by atoms with E-state index in [4.69, 9.17) is 9.76 Å². The van der Waals surface area contributed by atoms with Crippen molar-refractivity contribution in [2.45, 2.75) is 26.3 Å². The van der Waals surface area contributed by atoms with Gasteiger partial charge in [-0.15, -0.1) is 0 Å². The predicted molar refractivity (Wildman–Crippen MR) is 68.0 cm³/mol. The van der Waals surface area contributed by atoms with Crippen LogP contribution in [0.4, 0.5) is 0 Å². The first-order valence-electron chi connectivity index (χ1n) is 5.74. The zero-order valence-corrected chi connectivity index (χ0v) is 10.2. The fourth-order valence-electron chi connectivity index (χ4n) is 1.88. The highest BCUT2D eigenvalue weighted by Gasteiger charge is 2.29. The van der Waals surface area contributed by atoms with E-state index in [1.807, 2.05) is 0 Å². The molecule has 1 aromatic rings. The Morgan fingerprint density at radius 1 is 1.44 bits per heavy atom. The molecule has 0 amide bonds. The number of aliphatic hydroxyl groups is 1. The minimum absolute atomic E-state index is 0.0694. The largest absolute Gasteiger partial charge is 0.424 e. The quantitative estimate of drug-likeness (QED) is 0.581. The molecule has 16 heavy (non-hydrogen) atoms. The van der Waals surface area contributed by atoms with Crippen molar-refractivity contribution in [3.05, 3.63) is 29.8 Å². The Morgan fingerprint density at radius 3 is 2.62 bits per heavy atom. The SMILES string of the molecule is CC[C@@H]1OB(C)c2ccccc21.CNCO. The van der Waals surface area contributed by atoms with Crippen LogP contribution in [0.3, 0.4) is 0 Å². The predicted octanol–water partition coefficient (Wildman–Crippen LogP) is 1.15. The molecule has 0 saturated carbocycles. The van der Waals surface area contributed by atoms with Crippen molar-refractivity contribution in [3.63, 3.8) is 0 Å². The first-order valence-corrected chi connectivity index (χ1v) is 5.74. The maximum absolute atomic E-state index is 7.76. The van der Waals surface area contributed by atoms with Gasteiger partial charge in [-0.2, -0.15) is 0 Å². The fourth-order valence-corrected chi connectivity index (χ4v) is 1.88. The lowest BCUT2D eigenvalue weighted by Crippen LogP contribution is -2.23. The normalized spacial score (nSPS) is 17.8. The van der Waals surface area contributed by atoms with E-state index < -0.39 is 0 Å². The third-order valence-electron chi connectivity index (χ3n) is 2.68. The van der Waals surface area contributed by atoms with Gasteiger partial charge in [0.15, 0.2) is 0 Å². The van der Waals surface area contributed by atoms with E-state index in [-0.39, 0.29) is 13.6 Å². The van der Waals surface area contributed by atoms with E-state index in [0.717, 1.165) is 6.42 Å². The molecule has 0 aromatic heterocycles. The van der Waals surface area contributed by atoms with Crippen LogP contribution in [-0.4, -0.2) is 25.8 Å². The molecule has 3 nitrogen and oxygen atoms in total. The van der Waals surface area contributed by atoms with Gasteiger partial charge in [-0.1, -0.05) is 38.0 Å². The van der Waals surface area contributed by atoms with Crippen molar-refractivity contribution in [1.82, 2.24) is 5.32 Å². The van der Waals surface area contributed by atoms with Gasteiger partial charge in [0, 0.05) is 0 Å². The van der Waals surface area contributed by atoms with Gasteiger partial charge in [0.25, 0.3) is 0 Å². The molecule has 2 rings (SSSR count). The third-order valence-corrected chi connectivity index (χ3v) is 2.68. The van der Waals surface area contributed by atoms with Crippen LogP contribution in [0.5, 0.6) is 0 Å². The van der Waals surface area contributed by atoms with Crippen LogP contribution in [0.15, 0.2) is 24.3 Å². The van der Waals surface area contributed by atoms with E-state index in [2.05, 4.69) is 43.3 Å². The summed E-state index contributed by atoms with van der Waals surface area (Å²) in [5.41, 5.74) is 2.75. The second kappa shape index (κ2) is 6.68. The van der Waals surface area contributed by atoms with Crippen molar-refractivity contribution in [2.75, 3.05) is 13.8 Å². The Labute approximate surface area is 97.9 Å². The molecule has 2 N–H and O–H groups in total. The number of hydrogen-bond donors (Lipinski definition) is 2. The smallest absolute Gasteiger partial charge is 0.324 e. The van der Waals surface area contributed by atoms with Crippen molar-refractivity contribution < 1.29 is 9.76 Å². The molecule has 1 heterocycles. The minimum atomic E-state index is 0.0694. The number of hydrogen-bond acceptors (Lipinski definition) is 3. The van der Waals surface area contributed by atoms with Crippen molar-refractivity contribution in [1.29, 1.82) is 0 Å². The van der Waals surface area contributed by atoms with Crippen LogP contribution < -0.4 is 10.8 Å². The zero-order chi connectivity index (χ0) is 12.0. The highest BCUT2D eigenvalue weighted by atomic mass is 16.5. The van der Waals surface area contributed by atoms with Crippen LogP contribution in [0, 0.1) is 0 Å². The molecule has 1 aliphatic heterocycles. The number of benzene rings is 1. The number of aliphatic hydroxyl groups excluding tert-OH is 1. The van der Waals surface area contributed by atoms with Crippen LogP contribution >= 0.6 is 0 Å². The Kier molecular flexibility index (Phi) is 5.53. The second-order valence-electron chi connectivity index (χ2n) is 3.82. The maximum atomic E-state index is 7.76. The molecule has 0 bridgehead atoms. The summed E-state index contributed by atoms with van der Waals surface area (Å²) in [5, 5.41) is 10.2. The lowest BCUT2D eigenvalue weighted by molar-refractivity contribution is 0.221. The average Bonchev–Trinajstić information content (AvgIpc) is 2.67. The number of nitrogens with one attached hydrogen (secondary N) is 1. The highest BCUT2D eigenvalue weighted by Crippen LogP contribution is 2.26. The van der Waals surface area contributed by atoms with Crippen LogP contribution in [0.25, 0.3) is 0 Å². The van der Waals surface area contributed by atoms with E-state index >= 15 is 0 Å². The molecule has 1 aromatic carbocycles.